The standard InChI is InChI=1S/C13H17N3O/c1-9-3-10(7-14)6-13(15-9)16(2)8-11-4-12(17)5-11/h3,6,11-12,17H,4-5,8H2,1-2H3. The van der Waals surface area contributed by atoms with Crippen LogP contribution in [0.1, 0.15) is 24.1 Å². The number of nitriles is 1. The number of nitrogens with zero attached hydrogens (tertiary/aromatic N) is 3. The van der Waals surface area contributed by atoms with E-state index in [4.69, 9.17) is 5.26 Å². The largest absolute Gasteiger partial charge is 0.393 e. The molecule has 1 aromatic heterocycles. The average Bonchev–Trinajstić information content (AvgIpc) is 2.26. The van der Waals surface area contributed by atoms with E-state index in [1.54, 1.807) is 6.07 Å². The molecule has 0 radical (unpaired) electrons. The third-order valence-electron chi connectivity index (χ3n) is 3.20. The minimum atomic E-state index is -0.117. The minimum Gasteiger partial charge on any atom is -0.393 e. The molecule has 4 heteroatoms. The summed E-state index contributed by atoms with van der Waals surface area (Å²) in [5.74, 6) is 1.38. The molecule has 0 amide bonds. The highest BCUT2D eigenvalue weighted by atomic mass is 16.3. The first kappa shape index (κ1) is 11.9. The van der Waals surface area contributed by atoms with E-state index in [-0.39, 0.29) is 6.10 Å². The molecule has 1 N–H and O–H groups in total. The second kappa shape index (κ2) is 4.72. The molecule has 0 atom stereocenters. The van der Waals surface area contributed by atoms with Crippen LogP contribution in [0.3, 0.4) is 0 Å². The quantitative estimate of drug-likeness (QED) is 0.855. The second-order valence-electron chi connectivity index (χ2n) is 4.84. The molecule has 2 rings (SSSR count). The topological polar surface area (TPSA) is 60.2 Å². The van der Waals surface area contributed by atoms with E-state index in [1.807, 2.05) is 20.0 Å². The molecule has 1 aliphatic carbocycles. The molecule has 1 saturated carbocycles. The van der Waals surface area contributed by atoms with Crippen molar-refractivity contribution in [2.75, 3.05) is 18.5 Å². The Hall–Kier alpha value is -1.60. The van der Waals surface area contributed by atoms with E-state index in [0.717, 1.165) is 30.9 Å². The van der Waals surface area contributed by atoms with Gasteiger partial charge in [-0.3, -0.25) is 0 Å². The SMILES string of the molecule is Cc1cc(C#N)cc(N(C)CC2CC(O)C2)n1. The zero-order valence-electron chi connectivity index (χ0n) is 10.2. The number of anilines is 1. The first-order chi connectivity index (χ1) is 8.08. The summed E-state index contributed by atoms with van der Waals surface area (Å²) in [7, 11) is 1.98. The third-order valence-corrected chi connectivity index (χ3v) is 3.20. The molecule has 0 aliphatic heterocycles. The maximum Gasteiger partial charge on any atom is 0.129 e. The van der Waals surface area contributed by atoms with Crippen LogP contribution in [0, 0.1) is 24.2 Å². The monoisotopic (exact) mass is 231 g/mol. The Balaban J connectivity index is 2.06. The number of aryl methyl sites for hydroxylation is 1. The van der Waals surface area contributed by atoms with Crippen LogP contribution in [0.25, 0.3) is 0 Å². The fraction of sp³-hybridized carbons (Fsp3) is 0.538. The van der Waals surface area contributed by atoms with E-state index < -0.39 is 0 Å². The Kier molecular flexibility index (Phi) is 3.30. The van der Waals surface area contributed by atoms with Crippen LogP contribution in [0.15, 0.2) is 12.1 Å². The van der Waals surface area contributed by atoms with Crippen molar-refractivity contribution >= 4 is 5.82 Å². The molecule has 1 fully saturated rings. The molecule has 0 unspecified atom stereocenters. The maximum absolute atomic E-state index is 9.25. The van der Waals surface area contributed by atoms with Crippen LogP contribution in [-0.2, 0) is 0 Å². The fourth-order valence-electron chi connectivity index (χ4n) is 2.24. The lowest BCUT2D eigenvalue weighted by Gasteiger charge is -2.34. The van der Waals surface area contributed by atoms with Crippen molar-refractivity contribution < 1.29 is 5.11 Å². The van der Waals surface area contributed by atoms with Gasteiger partial charge in [0.15, 0.2) is 0 Å². The lowest BCUT2D eigenvalue weighted by molar-refractivity contribution is 0.0464. The number of aliphatic hydroxyl groups excluding tert-OH is 1. The molecular formula is C13H17N3O. The molecule has 1 heterocycles. The Bertz CT molecular complexity index is 446. The summed E-state index contributed by atoms with van der Waals surface area (Å²) in [4.78, 5) is 6.48. The van der Waals surface area contributed by atoms with Gasteiger partial charge in [0, 0.05) is 19.3 Å². The van der Waals surface area contributed by atoms with Crippen molar-refractivity contribution in [3.63, 3.8) is 0 Å². The number of aliphatic hydroxyl groups is 1. The van der Waals surface area contributed by atoms with Gasteiger partial charge >= 0.3 is 0 Å². The average molecular weight is 231 g/mol. The molecule has 4 nitrogen and oxygen atoms in total. The van der Waals surface area contributed by atoms with Gasteiger partial charge in [0.2, 0.25) is 0 Å². The predicted molar refractivity (Wildman–Crippen MR) is 65.7 cm³/mol. The van der Waals surface area contributed by atoms with Gasteiger partial charge in [-0.25, -0.2) is 4.98 Å². The van der Waals surface area contributed by atoms with Crippen LogP contribution < -0.4 is 4.90 Å². The molecule has 90 valence electrons. The summed E-state index contributed by atoms with van der Waals surface area (Å²) in [5.41, 5.74) is 1.51. The van der Waals surface area contributed by atoms with E-state index in [0.29, 0.717) is 11.5 Å². The minimum absolute atomic E-state index is 0.117. The van der Waals surface area contributed by atoms with Crippen LogP contribution in [-0.4, -0.2) is 29.8 Å². The molecule has 0 bridgehead atoms. The predicted octanol–water partition coefficient (Wildman–Crippen LogP) is 1.47. The maximum atomic E-state index is 9.25. The van der Waals surface area contributed by atoms with Gasteiger partial charge in [0.1, 0.15) is 5.82 Å². The fourth-order valence-corrected chi connectivity index (χ4v) is 2.24. The lowest BCUT2D eigenvalue weighted by atomic mass is 9.82. The van der Waals surface area contributed by atoms with Crippen molar-refractivity contribution in [3.05, 3.63) is 23.4 Å². The second-order valence-corrected chi connectivity index (χ2v) is 4.84. The van der Waals surface area contributed by atoms with Crippen LogP contribution in [0.2, 0.25) is 0 Å². The van der Waals surface area contributed by atoms with Crippen LogP contribution in [0.5, 0.6) is 0 Å². The van der Waals surface area contributed by atoms with Gasteiger partial charge in [0.05, 0.1) is 17.7 Å². The lowest BCUT2D eigenvalue weighted by Crippen LogP contribution is -2.37. The molecule has 1 aliphatic rings. The van der Waals surface area contributed by atoms with E-state index in [1.165, 1.54) is 0 Å². The summed E-state index contributed by atoms with van der Waals surface area (Å²) in [5, 5.41) is 18.2. The summed E-state index contributed by atoms with van der Waals surface area (Å²) in [6, 6.07) is 5.73. The van der Waals surface area contributed by atoms with Gasteiger partial charge in [-0.15, -0.1) is 0 Å². The Morgan fingerprint density at radius 3 is 2.82 bits per heavy atom. The number of hydrogen-bond acceptors (Lipinski definition) is 4. The first-order valence-electron chi connectivity index (χ1n) is 5.86. The summed E-state index contributed by atoms with van der Waals surface area (Å²) in [6.45, 7) is 2.78. The van der Waals surface area contributed by atoms with Crippen LogP contribution >= 0.6 is 0 Å². The van der Waals surface area contributed by atoms with E-state index in [9.17, 15) is 5.11 Å². The van der Waals surface area contributed by atoms with Gasteiger partial charge in [-0.05, 0) is 37.8 Å². The molecule has 17 heavy (non-hydrogen) atoms. The third kappa shape index (κ3) is 2.75. The highest BCUT2D eigenvalue weighted by molar-refractivity contribution is 5.46. The van der Waals surface area contributed by atoms with Crippen molar-refractivity contribution in [2.45, 2.75) is 25.9 Å². The van der Waals surface area contributed by atoms with Gasteiger partial charge in [-0.2, -0.15) is 5.26 Å². The Labute approximate surface area is 102 Å². The highest BCUT2D eigenvalue weighted by Gasteiger charge is 2.28. The van der Waals surface area contributed by atoms with Crippen LogP contribution in [0.4, 0.5) is 5.82 Å². The van der Waals surface area contributed by atoms with Crippen molar-refractivity contribution in [1.82, 2.24) is 4.98 Å². The van der Waals surface area contributed by atoms with Crippen molar-refractivity contribution in [3.8, 4) is 6.07 Å². The molecule has 0 spiro atoms. The summed E-state index contributed by atoms with van der Waals surface area (Å²) >= 11 is 0. The highest BCUT2D eigenvalue weighted by Crippen LogP contribution is 2.28. The first-order valence-corrected chi connectivity index (χ1v) is 5.86. The zero-order valence-corrected chi connectivity index (χ0v) is 10.2. The van der Waals surface area contributed by atoms with E-state index in [2.05, 4.69) is 16.0 Å². The number of hydrogen-bond donors (Lipinski definition) is 1. The van der Waals surface area contributed by atoms with Gasteiger partial charge in [-0.1, -0.05) is 0 Å². The van der Waals surface area contributed by atoms with Crippen molar-refractivity contribution in [1.29, 1.82) is 5.26 Å². The number of aromatic nitrogens is 1. The Morgan fingerprint density at radius 2 is 2.24 bits per heavy atom. The molecule has 0 saturated heterocycles. The summed E-state index contributed by atoms with van der Waals surface area (Å²) in [6.07, 6.45) is 1.64. The van der Waals surface area contributed by atoms with E-state index >= 15 is 0 Å². The smallest absolute Gasteiger partial charge is 0.129 e. The number of pyridine rings is 1. The number of rotatable bonds is 3. The van der Waals surface area contributed by atoms with Gasteiger partial charge in [0.25, 0.3) is 0 Å². The van der Waals surface area contributed by atoms with Crippen molar-refractivity contribution in [2.24, 2.45) is 5.92 Å². The molecular weight excluding hydrogens is 214 g/mol. The zero-order chi connectivity index (χ0) is 12.4. The molecule has 1 aromatic rings. The molecule has 0 aromatic carbocycles. The normalized spacial score (nSPS) is 22.7. The summed E-state index contributed by atoms with van der Waals surface area (Å²) < 4.78 is 0. The Morgan fingerprint density at radius 1 is 1.53 bits per heavy atom. The van der Waals surface area contributed by atoms with Gasteiger partial charge < -0.3 is 10.0 Å².